The van der Waals surface area contributed by atoms with E-state index in [1.54, 1.807) is 36.9 Å². The number of aromatic nitrogens is 2. The molecule has 0 aliphatic heterocycles. The number of amides is 1. The molecule has 0 saturated carbocycles. The molecule has 3 aromatic rings. The van der Waals surface area contributed by atoms with Gasteiger partial charge in [0.1, 0.15) is 17.9 Å². The molecule has 1 N–H and O–H groups in total. The number of carbonyl (C=O) groups is 1. The minimum absolute atomic E-state index is 0.0467. The highest BCUT2D eigenvalue weighted by molar-refractivity contribution is 7.98. The van der Waals surface area contributed by atoms with Gasteiger partial charge >= 0.3 is 5.69 Å². The molecule has 0 fully saturated rings. The van der Waals surface area contributed by atoms with Crippen molar-refractivity contribution in [1.82, 2.24) is 9.78 Å². The zero-order valence-electron chi connectivity index (χ0n) is 14.8. The third kappa shape index (κ3) is 4.55. The number of hydrogen-bond acceptors (Lipinski definition) is 6. The lowest BCUT2D eigenvalue weighted by molar-refractivity contribution is -0.386. The maximum Gasteiger partial charge on any atom is 0.312 e. The van der Waals surface area contributed by atoms with Crippen molar-refractivity contribution in [3.63, 3.8) is 0 Å². The number of hydrogen-bond donors (Lipinski definition) is 1. The van der Waals surface area contributed by atoms with Gasteiger partial charge in [0.05, 0.1) is 10.6 Å². The number of nitrogens with one attached hydrogen (secondary N) is 1. The molecule has 1 aromatic carbocycles. The van der Waals surface area contributed by atoms with Crippen molar-refractivity contribution in [2.75, 3.05) is 5.32 Å². The van der Waals surface area contributed by atoms with Crippen molar-refractivity contribution in [1.29, 1.82) is 0 Å². The minimum atomic E-state index is -0.470. The van der Waals surface area contributed by atoms with Gasteiger partial charge < -0.3 is 5.32 Å². The van der Waals surface area contributed by atoms with E-state index in [4.69, 9.17) is 0 Å². The molecule has 0 saturated heterocycles. The highest BCUT2D eigenvalue weighted by atomic mass is 32.2. The quantitative estimate of drug-likeness (QED) is 0.359. The van der Waals surface area contributed by atoms with E-state index in [1.165, 1.54) is 10.2 Å². The fraction of sp³-hybridized carbons (Fsp3) is 0.222. The number of thioether (sulfide) groups is 1. The average Bonchev–Trinajstić information content (AvgIpc) is 3.22. The molecule has 7 nitrogen and oxygen atoms in total. The van der Waals surface area contributed by atoms with Crippen molar-refractivity contribution in [3.05, 3.63) is 68.2 Å². The van der Waals surface area contributed by atoms with Gasteiger partial charge in [0.15, 0.2) is 0 Å². The highest BCUT2D eigenvalue weighted by Crippen LogP contribution is 2.30. The number of para-hydroxylation sites is 1. The van der Waals surface area contributed by atoms with Crippen LogP contribution in [0.5, 0.6) is 0 Å². The third-order valence-corrected chi connectivity index (χ3v) is 5.83. The molecule has 9 heteroatoms. The van der Waals surface area contributed by atoms with Crippen LogP contribution in [0.4, 0.5) is 11.4 Å². The number of thiophene rings is 1. The van der Waals surface area contributed by atoms with E-state index in [2.05, 4.69) is 21.9 Å². The van der Waals surface area contributed by atoms with Crippen LogP contribution in [0.15, 0.2) is 46.0 Å². The Morgan fingerprint density at radius 2 is 2.11 bits per heavy atom. The zero-order valence-corrected chi connectivity index (χ0v) is 16.5. The summed E-state index contributed by atoms with van der Waals surface area (Å²) in [4.78, 5) is 24.1. The molecule has 0 aliphatic rings. The van der Waals surface area contributed by atoms with E-state index in [9.17, 15) is 14.9 Å². The van der Waals surface area contributed by atoms with Gasteiger partial charge in [-0.2, -0.15) is 16.4 Å². The molecule has 0 bridgehead atoms. The van der Waals surface area contributed by atoms with Crippen molar-refractivity contribution >= 4 is 40.4 Å². The highest BCUT2D eigenvalue weighted by Gasteiger charge is 2.22. The van der Waals surface area contributed by atoms with E-state index in [1.807, 2.05) is 29.6 Å². The maximum atomic E-state index is 12.5. The van der Waals surface area contributed by atoms with Crippen LogP contribution in [0.1, 0.15) is 17.0 Å². The van der Waals surface area contributed by atoms with Crippen LogP contribution in [0.2, 0.25) is 0 Å². The van der Waals surface area contributed by atoms with E-state index >= 15 is 0 Å². The van der Waals surface area contributed by atoms with Crippen LogP contribution >= 0.6 is 23.1 Å². The van der Waals surface area contributed by atoms with Gasteiger partial charge in [-0.3, -0.25) is 19.6 Å². The topological polar surface area (TPSA) is 90.1 Å². The first-order valence-corrected chi connectivity index (χ1v) is 10.1. The Kier molecular flexibility index (Phi) is 5.92. The molecule has 0 radical (unpaired) electrons. The molecule has 27 heavy (non-hydrogen) atoms. The van der Waals surface area contributed by atoms with Crippen LogP contribution < -0.4 is 5.32 Å². The monoisotopic (exact) mass is 402 g/mol. The van der Waals surface area contributed by atoms with Crippen LogP contribution in [-0.2, 0) is 17.1 Å². The van der Waals surface area contributed by atoms with Crippen molar-refractivity contribution < 1.29 is 9.72 Å². The summed E-state index contributed by atoms with van der Waals surface area (Å²) in [6.45, 7) is 3.08. The summed E-state index contributed by atoms with van der Waals surface area (Å²) in [7, 11) is 0. The predicted octanol–water partition coefficient (Wildman–Crippen LogP) is 4.40. The lowest BCUT2D eigenvalue weighted by Gasteiger charge is -2.11. The van der Waals surface area contributed by atoms with E-state index in [0.717, 1.165) is 16.3 Å². The van der Waals surface area contributed by atoms with Crippen molar-refractivity contribution in [3.8, 4) is 0 Å². The Bertz CT molecular complexity index is 967. The second kappa shape index (κ2) is 8.36. The van der Waals surface area contributed by atoms with Gasteiger partial charge in [-0.05, 0) is 48.4 Å². The summed E-state index contributed by atoms with van der Waals surface area (Å²) >= 11 is 3.30. The Labute approximate surface area is 164 Å². The molecule has 140 valence electrons. The molecular formula is C18H18N4O3S2. The average molecular weight is 403 g/mol. The molecule has 0 spiro atoms. The zero-order chi connectivity index (χ0) is 19.4. The fourth-order valence-electron chi connectivity index (χ4n) is 2.66. The first-order valence-electron chi connectivity index (χ1n) is 8.17. The SMILES string of the molecule is Cc1nn(CC(=O)Nc2ccccc2SCc2ccsc2)c(C)c1[N+](=O)[O-]. The molecule has 0 aliphatic carbocycles. The van der Waals surface area contributed by atoms with E-state index in [-0.39, 0.29) is 18.1 Å². The third-order valence-electron chi connectivity index (χ3n) is 3.95. The summed E-state index contributed by atoms with van der Waals surface area (Å²) in [6, 6.07) is 9.67. The van der Waals surface area contributed by atoms with Gasteiger partial charge in [-0.15, -0.1) is 11.8 Å². The van der Waals surface area contributed by atoms with E-state index < -0.39 is 4.92 Å². The Morgan fingerprint density at radius 1 is 1.33 bits per heavy atom. The minimum Gasteiger partial charge on any atom is -0.323 e. The summed E-state index contributed by atoms with van der Waals surface area (Å²) < 4.78 is 1.36. The molecule has 0 atom stereocenters. The molecule has 0 unspecified atom stereocenters. The second-order valence-electron chi connectivity index (χ2n) is 5.90. The van der Waals surface area contributed by atoms with Gasteiger partial charge in [0, 0.05) is 10.6 Å². The molecule has 2 aromatic heterocycles. The molecule has 3 rings (SSSR count). The van der Waals surface area contributed by atoms with Crippen molar-refractivity contribution in [2.24, 2.45) is 0 Å². The first kappa shape index (κ1) is 19.1. The predicted molar refractivity (Wildman–Crippen MR) is 107 cm³/mol. The summed E-state index contributed by atoms with van der Waals surface area (Å²) in [5.74, 6) is 0.541. The van der Waals surface area contributed by atoms with Crippen LogP contribution in [-0.4, -0.2) is 20.6 Å². The smallest absolute Gasteiger partial charge is 0.312 e. The summed E-state index contributed by atoms with van der Waals surface area (Å²) in [6.07, 6.45) is 0. The molecular weight excluding hydrogens is 384 g/mol. The number of nitrogens with zero attached hydrogens (tertiary/aromatic N) is 3. The Hall–Kier alpha value is -2.65. The molecule has 2 heterocycles. The standard InChI is InChI=1S/C18H18N4O3S2/c1-12-18(22(24)25)13(2)21(20-12)9-17(23)19-15-5-3-4-6-16(15)27-11-14-7-8-26-10-14/h3-8,10H,9,11H2,1-2H3,(H,19,23). The lowest BCUT2D eigenvalue weighted by Crippen LogP contribution is -2.20. The van der Waals surface area contributed by atoms with Gasteiger partial charge in [0.25, 0.3) is 0 Å². The number of rotatable bonds is 7. The normalized spacial score (nSPS) is 10.7. The van der Waals surface area contributed by atoms with Crippen molar-refractivity contribution in [2.45, 2.75) is 31.0 Å². The maximum absolute atomic E-state index is 12.5. The van der Waals surface area contributed by atoms with Gasteiger partial charge in [-0.25, -0.2) is 0 Å². The van der Waals surface area contributed by atoms with Crippen LogP contribution in [0, 0.1) is 24.0 Å². The second-order valence-corrected chi connectivity index (χ2v) is 7.70. The first-order chi connectivity index (χ1) is 13.0. The number of carbonyl (C=O) groups excluding carboxylic acids is 1. The van der Waals surface area contributed by atoms with Crippen LogP contribution in [0.25, 0.3) is 0 Å². The largest absolute Gasteiger partial charge is 0.323 e. The number of nitro groups is 1. The Morgan fingerprint density at radius 3 is 2.78 bits per heavy atom. The fourth-order valence-corrected chi connectivity index (χ4v) is 4.39. The number of benzene rings is 1. The molecule has 1 amide bonds. The Balaban J connectivity index is 1.70. The summed E-state index contributed by atoms with van der Waals surface area (Å²) in [5, 5.41) is 22.2. The lowest BCUT2D eigenvalue weighted by atomic mass is 10.3. The number of anilines is 1. The summed E-state index contributed by atoms with van der Waals surface area (Å²) in [5.41, 5.74) is 2.58. The van der Waals surface area contributed by atoms with Crippen LogP contribution in [0.3, 0.4) is 0 Å². The van der Waals surface area contributed by atoms with Gasteiger partial charge in [-0.1, -0.05) is 12.1 Å². The van der Waals surface area contributed by atoms with E-state index in [0.29, 0.717) is 11.4 Å². The number of aryl methyl sites for hydroxylation is 1. The van der Waals surface area contributed by atoms with Gasteiger partial charge in [0.2, 0.25) is 5.91 Å².